The Morgan fingerprint density at radius 2 is 1.56 bits per heavy atom. The number of carbonyl (C=O) groups excluding carboxylic acids is 2. The molecule has 0 unspecified atom stereocenters. The number of amides is 1. The minimum atomic E-state index is -0.335. The number of aromatic nitrogens is 2. The van der Waals surface area contributed by atoms with Gasteiger partial charge in [-0.05, 0) is 51.2 Å². The lowest BCUT2D eigenvalue weighted by molar-refractivity contribution is -0.123. The van der Waals surface area contributed by atoms with Crippen LogP contribution in [0.5, 0.6) is 0 Å². The smallest absolute Gasteiger partial charge is 0.227 e. The van der Waals surface area contributed by atoms with E-state index in [0.717, 1.165) is 48.7 Å². The second kappa shape index (κ2) is 11.3. The van der Waals surface area contributed by atoms with E-state index in [-0.39, 0.29) is 23.7 Å². The van der Waals surface area contributed by atoms with E-state index in [2.05, 4.69) is 20.6 Å². The Morgan fingerprint density at radius 1 is 0.889 bits per heavy atom. The molecule has 7 heteroatoms. The Hall–Kier alpha value is -3.74. The fourth-order valence-corrected chi connectivity index (χ4v) is 4.63. The van der Waals surface area contributed by atoms with Crippen molar-refractivity contribution in [2.45, 2.75) is 57.5 Å². The lowest BCUT2D eigenvalue weighted by Crippen LogP contribution is -2.41. The number of carbonyl (C=O) groups is 2. The van der Waals surface area contributed by atoms with Crippen molar-refractivity contribution in [2.24, 2.45) is 0 Å². The predicted octanol–water partition coefficient (Wildman–Crippen LogP) is 4.73. The number of hydrogen-bond acceptors (Lipinski definition) is 6. The summed E-state index contributed by atoms with van der Waals surface area (Å²) >= 11 is 0. The zero-order chi connectivity index (χ0) is 25.7. The van der Waals surface area contributed by atoms with Gasteiger partial charge in [-0.2, -0.15) is 0 Å². The minimum absolute atomic E-state index is 0.00207. The highest BCUT2D eigenvalue weighted by molar-refractivity contribution is 6.09. The molecule has 4 rings (SSSR count). The molecule has 1 aliphatic carbocycles. The molecule has 3 aromatic rings. The fraction of sp³-hybridized carbons (Fsp3) is 0.379. The van der Waals surface area contributed by atoms with E-state index in [9.17, 15) is 9.59 Å². The highest BCUT2D eigenvalue weighted by Crippen LogP contribution is 2.25. The van der Waals surface area contributed by atoms with Gasteiger partial charge in [0.15, 0.2) is 5.78 Å². The van der Waals surface area contributed by atoms with Crippen LogP contribution in [-0.4, -0.2) is 47.8 Å². The molecule has 0 spiro atoms. The number of rotatable bonds is 8. The minimum Gasteiger partial charge on any atom is -0.367 e. The molecule has 0 aliphatic heterocycles. The Morgan fingerprint density at radius 3 is 2.25 bits per heavy atom. The van der Waals surface area contributed by atoms with Crippen molar-refractivity contribution < 1.29 is 9.59 Å². The standard InChI is InChI=1S/C29H35N5O2/c1-19(22-11-8-12-23(17-22)28(35)21-9-6-5-7-10-21)29(36)33-25-15-13-24(14-16-25)32-26-18-27(34(3)4)31-20(2)30-26/h5-12,17-19,24-25H,13-16H2,1-4H3,(H,33,36)(H,30,31,32)/t19-,24?,25?/m0/s1. The molecule has 1 aromatic heterocycles. The van der Waals surface area contributed by atoms with Gasteiger partial charge in [0, 0.05) is 43.4 Å². The summed E-state index contributed by atoms with van der Waals surface area (Å²) in [6.07, 6.45) is 3.74. The van der Waals surface area contributed by atoms with E-state index in [4.69, 9.17) is 0 Å². The molecule has 7 nitrogen and oxygen atoms in total. The van der Waals surface area contributed by atoms with Crippen LogP contribution in [-0.2, 0) is 4.79 Å². The van der Waals surface area contributed by atoms with Gasteiger partial charge in [0.05, 0.1) is 5.92 Å². The van der Waals surface area contributed by atoms with Crippen molar-refractivity contribution in [3.63, 3.8) is 0 Å². The molecular formula is C29H35N5O2. The number of aryl methyl sites for hydroxylation is 1. The van der Waals surface area contributed by atoms with Gasteiger partial charge in [0.1, 0.15) is 17.5 Å². The van der Waals surface area contributed by atoms with E-state index in [1.807, 2.05) is 87.4 Å². The van der Waals surface area contributed by atoms with E-state index in [1.54, 1.807) is 6.07 Å². The van der Waals surface area contributed by atoms with Gasteiger partial charge in [-0.3, -0.25) is 9.59 Å². The maximum absolute atomic E-state index is 13.0. The quantitative estimate of drug-likeness (QED) is 0.449. The van der Waals surface area contributed by atoms with E-state index in [1.165, 1.54) is 0 Å². The lowest BCUT2D eigenvalue weighted by atomic mass is 9.90. The third-order valence-electron chi connectivity index (χ3n) is 6.79. The summed E-state index contributed by atoms with van der Waals surface area (Å²) in [5, 5.41) is 6.78. The summed E-state index contributed by atoms with van der Waals surface area (Å²) in [5.41, 5.74) is 2.09. The molecule has 1 saturated carbocycles. The highest BCUT2D eigenvalue weighted by atomic mass is 16.2. The topological polar surface area (TPSA) is 87.2 Å². The summed E-state index contributed by atoms with van der Waals surface area (Å²) in [7, 11) is 3.94. The maximum Gasteiger partial charge on any atom is 0.227 e. The fourth-order valence-electron chi connectivity index (χ4n) is 4.63. The average Bonchev–Trinajstić information content (AvgIpc) is 2.89. The first kappa shape index (κ1) is 25.4. The van der Waals surface area contributed by atoms with Crippen LogP contribution in [0, 0.1) is 6.92 Å². The van der Waals surface area contributed by atoms with Gasteiger partial charge < -0.3 is 15.5 Å². The molecule has 188 valence electrons. The van der Waals surface area contributed by atoms with Crippen LogP contribution in [0.2, 0.25) is 0 Å². The first-order valence-electron chi connectivity index (χ1n) is 12.6. The summed E-state index contributed by atoms with van der Waals surface area (Å²) < 4.78 is 0. The van der Waals surface area contributed by atoms with Crippen molar-refractivity contribution in [1.82, 2.24) is 15.3 Å². The summed E-state index contributed by atoms with van der Waals surface area (Å²) in [4.78, 5) is 36.8. The molecule has 1 atom stereocenters. The van der Waals surface area contributed by atoms with Gasteiger partial charge in [-0.25, -0.2) is 9.97 Å². The Labute approximate surface area is 213 Å². The second-order valence-corrected chi connectivity index (χ2v) is 9.80. The molecule has 1 heterocycles. The Bertz CT molecular complexity index is 1200. The molecule has 2 N–H and O–H groups in total. The molecule has 2 aromatic carbocycles. The third kappa shape index (κ3) is 6.27. The van der Waals surface area contributed by atoms with Crippen molar-refractivity contribution >= 4 is 23.3 Å². The number of nitrogens with zero attached hydrogens (tertiary/aromatic N) is 3. The number of anilines is 2. The van der Waals surface area contributed by atoms with Crippen LogP contribution < -0.4 is 15.5 Å². The largest absolute Gasteiger partial charge is 0.367 e. The Balaban J connectivity index is 1.31. The molecule has 1 aliphatic rings. The third-order valence-corrected chi connectivity index (χ3v) is 6.79. The van der Waals surface area contributed by atoms with Crippen molar-refractivity contribution in [1.29, 1.82) is 0 Å². The summed E-state index contributed by atoms with van der Waals surface area (Å²) in [5.74, 6) is 2.10. The van der Waals surface area contributed by atoms with Crippen molar-refractivity contribution in [3.05, 3.63) is 83.2 Å². The van der Waals surface area contributed by atoms with Gasteiger partial charge in [0.25, 0.3) is 0 Å². The van der Waals surface area contributed by atoms with Crippen LogP contribution in [0.4, 0.5) is 11.6 Å². The Kier molecular flexibility index (Phi) is 7.98. The van der Waals surface area contributed by atoms with Crippen LogP contribution >= 0.6 is 0 Å². The SMILES string of the molecule is Cc1nc(NC2CCC(NC(=O)[C@@H](C)c3cccc(C(=O)c4ccccc4)c3)CC2)cc(N(C)C)n1. The summed E-state index contributed by atoms with van der Waals surface area (Å²) in [6.45, 7) is 3.80. The van der Waals surface area contributed by atoms with Crippen LogP contribution in [0.3, 0.4) is 0 Å². The molecule has 1 fully saturated rings. The van der Waals surface area contributed by atoms with Gasteiger partial charge in [0.2, 0.25) is 5.91 Å². The average molecular weight is 486 g/mol. The zero-order valence-corrected chi connectivity index (χ0v) is 21.5. The normalized spacial score (nSPS) is 18.2. The van der Waals surface area contributed by atoms with Gasteiger partial charge >= 0.3 is 0 Å². The number of nitrogens with one attached hydrogen (secondary N) is 2. The van der Waals surface area contributed by atoms with Crippen LogP contribution in [0.25, 0.3) is 0 Å². The molecule has 36 heavy (non-hydrogen) atoms. The first-order valence-corrected chi connectivity index (χ1v) is 12.6. The maximum atomic E-state index is 13.0. The number of benzene rings is 2. The van der Waals surface area contributed by atoms with Crippen LogP contribution in [0.15, 0.2) is 60.7 Å². The number of ketones is 1. The first-order chi connectivity index (χ1) is 17.3. The van der Waals surface area contributed by atoms with Gasteiger partial charge in [-0.1, -0.05) is 48.5 Å². The molecule has 0 saturated heterocycles. The number of hydrogen-bond donors (Lipinski definition) is 2. The van der Waals surface area contributed by atoms with Crippen molar-refractivity contribution in [2.75, 3.05) is 24.3 Å². The zero-order valence-electron chi connectivity index (χ0n) is 21.5. The van der Waals surface area contributed by atoms with Gasteiger partial charge in [-0.15, -0.1) is 0 Å². The van der Waals surface area contributed by atoms with E-state index < -0.39 is 0 Å². The predicted molar refractivity (Wildman–Crippen MR) is 144 cm³/mol. The molecule has 1 amide bonds. The summed E-state index contributed by atoms with van der Waals surface area (Å²) in [6, 6.07) is 19.1. The van der Waals surface area contributed by atoms with Crippen molar-refractivity contribution in [3.8, 4) is 0 Å². The lowest BCUT2D eigenvalue weighted by Gasteiger charge is -2.31. The molecule has 0 bridgehead atoms. The monoisotopic (exact) mass is 485 g/mol. The van der Waals surface area contributed by atoms with E-state index >= 15 is 0 Å². The highest BCUT2D eigenvalue weighted by Gasteiger charge is 2.25. The second-order valence-electron chi connectivity index (χ2n) is 9.80. The van der Waals surface area contributed by atoms with E-state index in [0.29, 0.717) is 17.2 Å². The van der Waals surface area contributed by atoms with Crippen LogP contribution in [0.1, 0.15) is 65.8 Å². The molecular weight excluding hydrogens is 450 g/mol. The molecule has 0 radical (unpaired) electrons.